The molecule has 0 aromatic carbocycles. The lowest BCUT2D eigenvalue weighted by Gasteiger charge is -2.39. The maximum Gasteiger partial charge on any atom is 0.278 e. The van der Waals surface area contributed by atoms with Crippen LogP contribution in [-0.2, 0) is 36.3 Å². The fraction of sp³-hybridized carbons (Fsp3) is 0.455. The Morgan fingerprint density at radius 1 is 1.11 bits per heavy atom. The maximum atomic E-state index is 15.6. The highest BCUT2D eigenvalue weighted by Gasteiger charge is 2.36. The number of carbonyl (C=O) groups excluding carboxylic acids is 1. The van der Waals surface area contributed by atoms with Crippen LogP contribution in [0.4, 0.5) is 21.7 Å². The Morgan fingerprint density at radius 2 is 1.96 bits per heavy atom. The number of nitrogens with zero attached hydrogens (tertiary/aromatic N) is 7. The molecule has 4 aliphatic heterocycles. The van der Waals surface area contributed by atoms with Crippen LogP contribution in [0.3, 0.4) is 0 Å². The van der Waals surface area contributed by atoms with Gasteiger partial charge in [-0.2, -0.15) is 5.10 Å². The van der Waals surface area contributed by atoms with Crippen molar-refractivity contribution in [1.29, 1.82) is 0 Å². The molecule has 0 radical (unpaired) electrons. The van der Waals surface area contributed by atoms with Gasteiger partial charge in [-0.25, -0.2) is 9.37 Å². The lowest BCUT2D eigenvalue weighted by atomic mass is 10.0. The van der Waals surface area contributed by atoms with Gasteiger partial charge in [-0.1, -0.05) is 13.0 Å². The van der Waals surface area contributed by atoms with Gasteiger partial charge in [-0.05, 0) is 42.5 Å². The van der Waals surface area contributed by atoms with Gasteiger partial charge < -0.3 is 24.6 Å². The highest BCUT2D eigenvalue weighted by Crippen LogP contribution is 2.35. The van der Waals surface area contributed by atoms with Crippen molar-refractivity contribution in [3.8, 4) is 11.1 Å². The van der Waals surface area contributed by atoms with Crippen molar-refractivity contribution in [3.63, 3.8) is 0 Å². The van der Waals surface area contributed by atoms with Crippen LogP contribution in [0.25, 0.3) is 11.1 Å². The van der Waals surface area contributed by atoms with Gasteiger partial charge in [-0.15, -0.1) is 0 Å². The Balaban J connectivity index is 1.20. The zero-order valence-corrected chi connectivity index (χ0v) is 26.0. The zero-order valence-electron chi connectivity index (χ0n) is 26.0. The van der Waals surface area contributed by atoms with E-state index in [2.05, 4.69) is 21.8 Å². The van der Waals surface area contributed by atoms with Gasteiger partial charge in [0.2, 0.25) is 0 Å². The van der Waals surface area contributed by atoms with Gasteiger partial charge in [0.25, 0.3) is 11.5 Å². The van der Waals surface area contributed by atoms with Crippen LogP contribution in [-0.4, -0.2) is 85.6 Å². The molecule has 2 saturated heterocycles. The fourth-order valence-corrected chi connectivity index (χ4v) is 6.77. The highest BCUT2D eigenvalue weighted by atomic mass is 19.1. The van der Waals surface area contributed by atoms with Crippen LogP contribution < -0.4 is 15.8 Å². The fourth-order valence-electron chi connectivity index (χ4n) is 6.77. The molecule has 0 atom stereocenters. The molecular formula is C33H39FN8O4. The van der Waals surface area contributed by atoms with Crippen LogP contribution >= 0.6 is 0 Å². The molecule has 0 saturated carbocycles. The number of allylic oxidation sites excluding steroid dienone is 2. The third-order valence-corrected chi connectivity index (χ3v) is 9.45. The van der Waals surface area contributed by atoms with Crippen molar-refractivity contribution in [3.05, 3.63) is 75.9 Å². The molecule has 242 valence electrons. The van der Waals surface area contributed by atoms with Gasteiger partial charge in [0, 0.05) is 69.4 Å². The van der Waals surface area contributed by atoms with Crippen LogP contribution in [0, 0.1) is 0 Å². The van der Waals surface area contributed by atoms with Crippen molar-refractivity contribution in [2.75, 3.05) is 49.6 Å². The number of fused-ring (bicyclic) bond motifs is 2. The summed E-state index contributed by atoms with van der Waals surface area (Å²) in [7, 11) is 1.66. The Morgan fingerprint density at radius 3 is 2.74 bits per heavy atom. The Labute approximate surface area is 266 Å². The van der Waals surface area contributed by atoms with Crippen LogP contribution in [0.2, 0.25) is 0 Å². The Hall–Kier alpha value is -4.33. The minimum Gasteiger partial charge on any atom is -0.392 e. The smallest absolute Gasteiger partial charge is 0.278 e. The van der Waals surface area contributed by atoms with Crippen molar-refractivity contribution < 1.29 is 19.0 Å². The van der Waals surface area contributed by atoms with Crippen LogP contribution in [0.5, 0.6) is 0 Å². The molecule has 2 fully saturated rings. The third kappa shape index (κ3) is 5.52. The molecule has 46 heavy (non-hydrogen) atoms. The van der Waals surface area contributed by atoms with E-state index >= 15 is 4.39 Å². The number of aromatic nitrogens is 4. The van der Waals surface area contributed by atoms with E-state index in [9.17, 15) is 14.7 Å². The number of aryl methyl sites for hydroxylation is 1. The van der Waals surface area contributed by atoms with Crippen LogP contribution in [0.15, 0.2) is 59.1 Å². The molecular weight excluding hydrogens is 591 g/mol. The SMILES string of the molecule is C=C1CCCCCN2CCN(c3nccc(-c4cc(Nc5cc6n(n5)CCN(C5COC5)C6)c(=O)n(C)c4)c3CO)C(=O)/C2=C/1F. The second-order valence-electron chi connectivity index (χ2n) is 12.4. The molecule has 3 aromatic rings. The van der Waals surface area contributed by atoms with E-state index in [1.54, 1.807) is 31.6 Å². The van der Waals surface area contributed by atoms with E-state index < -0.39 is 18.3 Å². The maximum absolute atomic E-state index is 15.6. The standard InChI is InChI=1S/C33H39FN8O4/c1-21-6-4-3-5-9-39-10-12-41(33(45)30(39)29(21)34)31-26(18-43)25(7-8-35-31)22-14-27(32(44)38(2)16-22)36-28-15-23-17-40(24-19-46-20-24)11-13-42(23)37-28/h7-8,14-16,24,43H,1,3-6,9-13,17-20H2,2H3,(H,36,37)/b30-29+. The van der Waals surface area contributed by atoms with Gasteiger partial charge in [-0.3, -0.25) is 24.1 Å². The van der Waals surface area contributed by atoms with Gasteiger partial charge in [0.05, 0.1) is 38.1 Å². The number of carbonyl (C=O) groups is 1. The number of amides is 1. The number of rotatable bonds is 6. The predicted molar refractivity (Wildman–Crippen MR) is 171 cm³/mol. The number of nitrogens with one attached hydrogen (secondary N) is 1. The predicted octanol–water partition coefficient (Wildman–Crippen LogP) is 3.05. The summed E-state index contributed by atoms with van der Waals surface area (Å²) in [6, 6.07) is 5.87. The average molecular weight is 631 g/mol. The van der Waals surface area contributed by atoms with Crippen molar-refractivity contribution in [2.24, 2.45) is 7.05 Å². The normalized spacial score (nSPS) is 21.3. The van der Waals surface area contributed by atoms with Crippen molar-refractivity contribution in [2.45, 2.75) is 51.4 Å². The quantitative estimate of drug-likeness (QED) is 0.424. The minimum atomic E-state index is -0.571. The number of pyridine rings is 2. The number of halogens is 1. The summed E-state index contributed by atoms with van der Waals surface area (Å²) in [5.41, 5.74) is 3.15. The lowest BCUT2D eigenvalue weighted by molar-refractivity contribution is -0.118. The summed E-state index contributed by atoms with van der Waals surface area (Å²) < 4.78 is 24.4. The summed E-state index contributed by atoms with van der Waals surface area (Å²) in [4.78, 5) is 37.3. The van der Waals surface area contributed by atoms with E-state index in [0.29, 0.717) is 65.9 Å². The van der Waals surface area contributed by atoms with Crippen molar-refractivity contribution >= 4 is 23.2 Å². The molecule has 2 N–H and O–H groups in total. The molecule has 7 heterocycles. The van der Waals surface area contributed by atoms with Gasteiger partial charge >= 0.3 is 0 Å². The third-order valence-electron chi connectivity index (χ3n) is 9.45. The zero-order chi connectivity index (χ0) is 31.9. The summed E-state index contributed by atoms with van der Waals surface area (Å²) >= 11 is 0. The number of aliphatic hydroxyl groups excluding tert-OH is 1. The Kier molecular flexibility index (Phi) is 8.22. The molecule has 12 nitrogen and oxygen atoms in total. The lowest BCUT2D eigenvalue weighted by Crippen LogP contribution is -2.51. The second kappa shape index (κ2) is 12.5. The molecule has 0 unspecified atom stereocenters. The average Bonchev–Trinajstić information content (AvgIpc) is 3.45. The monoisotopic (exact) mass is 630 g/mol. The van der Waals surface area contributed by atoms with E-state index in [4.69, 9.17) is 9.84 Å². The topological polar surface area (TPSA) is 121 Å². The summed E-state index contributed by atoms with van der Waals surface area (Å²) in [5, 5.41) is 18.5. The largest absolute Gasteiger partial charge is 0.392 e. The minimum absolute atomic E-state index is 0.00902. The highest BCUT2D eigenvalue weighted by molar-refractivity contribution is 6.07. The molecule has 7 rings (SSSR count). The first-order valence-corrected chi connectivity index (χ1v) is 15.9. The van der Waals surface area contributed by atoms with E-state index in [1.807, 2.05) is 15.6 Å². The summed E-state index contributed by atoms with van der Waals surface area (Å²) in [5.74, 6) is -0.231. The molecule has 13 heteroatoms. The first-order valence-electron chi connectivity index (χ1n) is 15.9. The number of anilines is 3. The molecule has 1 amide bonds. The molecule has 0 spiro atoms. The molecule has 3 aromatic heterocycles. The first kappa shape index (κ1) is 30.3. The number of aliphatic hydroxyl groups is 1. The number of ether oxygens (including phenoxy) is 1. The van der Waals surface area contributed by atoms with Crippen LogP contribution in [0.1, 0.15) is 36.9 Å². The number of piperazine rings is 1. The van der Waals surface area contributed by atoms with E-state index in [0.717, 1.165) is 57.8 Å². The van der Waals surface area contributed by atoms with Gasteiger partial charge in [0.15, 0.2) is 11.6 Å². The Bertz CT molecular complexity index is 1780. The second-order valence-corrected chi connectivity index (χ2v) is 12.4. The molecule has 0 aliphatic carbocycles. The van der Waals surface area contributed by atoms with E-state index in [1.165, 1.54) is 9.47 Å². The summed E-state index contributed by atoms with van der Waals surface area (Å²) in [6.45, 7) is 8.74. The number of hydrogen-bond acceptors (Lipinski definition) is 9. The first-order chi connectivity index (χ1) is 22.3. The summed E-state index contributed by atoms with van der Waals surface area (Å²) in [6.07, 6.45) is 6.40. The molecule has 4 aliphatic rings. The molecule has 0 bridgehead atoms. The van der Waals surface area contributed by atoms with Crippen molar-refractivity contribution in [1.82, 2.24) is 29.1 Å². The van der Waals surface area contributed by atoms with Gasteiger partial charge in [0.1, 0.15) is 17.2 Å². The van der Waals surface area contributed by atoms with E-state index in [-0.39, 0.29) is 17.1 Å². The number of hydrogen-bond donors (Lipinski definition) is 2.